The summed E-state index contributed by atoms with van der Waals surface area (Å²) in [6.45, 7) is 4.47. The molecule has 1 aromatic carbocycles. The molecule has 2 N–H and O–H groups in total. The van der Waals surface area contributed by atoms with Crippen molar-refractivity contribution < 1.29 is 4.74 Å². The van der Waals surface area contributed by atoms with Gasteiger partial charge in [-0.2, -0.15) is 5.10 Å². The Kier molecular flexibility index (Phi) is 8.21. The van der Waals surface area contributed by atoms with E-state index in [1.54, 1.807) is 0 Å². The maximum absolute atomic E-state index is 5.95. The maximum Gasteiger partial charge on any atom is 0.191 e. The van der Waals surface area contributed by atoms with Gasteiger partial charge in [0.05, 0.1) is 12.7 Å². The minimum atomic E-state index is 0. The van der Waals surface area contributed by atoms with Crippen molar-refractivity contribution in [3.63, 3.8) is 0 Å². The van der Waals surface area contributed by atoms with Gasteiger partial charge in [0.25, 0.3) is 0 Å². The molecule has 142 valence electrons. The summed E-state index contributed by atoms with van der Waals surface area (Å²) >= 11 is 0. The van der Waals surface area contributed by atoms with Crippen LogP contribution >= 0.6 is 24.0 Å². The van der Waals surface area contributed by atoms with Gasteiger partial charge in [-0.15, -0.1) is 24.0 Å². The van der Waals surface area contributed by atoms with Gasteiger partial charge >= 0.3 is 0 Å². The van der Waals surface area contributed by atoms with Crippen LogP contribution in [0.5, 0.6) is 5.75 Å². The number of fused-ring (bicyclic) bond motifs is 1. The lowest BCUT2D eigenvalue weighted by molar-refractivity contribution is 0.241. The van der Waals surface area contributed by atoms with Crippen LogP contribution in [0.15, 0.2) is 41.7 Å². The molecule has 1 atom stereocenters. The molecule has 6 nitrogen and oxygen atoms in total. The molecule has 1 aromatic heterocycles. The van der Waals surface area contributed by atoms with Gasteiger partial charge in [-0.1, -0.05) is 18.2 Å². The highest BCUT2D eigenvalue weighted by atomic mass is 127. The molecule has 0 bridgehead atoms. The van der Waals surface area contributed by atoms with Crippen LogP contribution < -0.4 is 15.4 Å². The fourth-order valence-electron chi connectivity index (χ4n) is 2.99. The zero-order valence-corrected chi connectivity index (χ0v) is 17.8. The predicted molar refractivity (Wildman–Crippen MR) is 115 cm³/mol. The molecule has 1 aliphatic heterocycles. The third-order valence-electron chi connectivity index (χ3n) is 4.20. The number of nitrogens with zero attached hydrogens (tertiary/aromatic N) is 3. The number of nitrogens with one attached hydrogen (secondary N) is 2. The summed E-state index contributed by atoms with van der Waals surface area (Å²) in [6, 6.07) is 8.22. The number of para-hydroxylation sites is 1. The van der Waals surface area contributed by atoms with Crippen molar-refractivity contribution in [2.24, 2.45) is 12.0 Å². The van der Waals surface area contributed by atoms with Gasteiger partial charge in [0.15, 0.2) is 5.96 Å². The molecular formula is C19H28IN5O. The molecule has 2 heterocycles. The highest BCUT2D eigenvalue weighted by Gasteiger charge is 2.21. The van der Waals surface area contributed by atoms with Crippen molar-refractivity contribution in [1.82, 2.24) is 20.4 Å². The van der Waals surface area contributed by atoms with Crippen molar-refractivity contribution >= 4 is 29.9 Å². The van der Waals surface area contributed by atoms with E-state index in [1.165, 1.54) is 11.1 Å². The van der Waals surface area contributed by atoms with E-state index < -0.39 is 0 Å². The fraction of sp³-hybridized carbons (Fsp3) is 0.474. The predicted octanol–water partition coefficient (Wildman–Crippen LogP) is 2.53. The molecule has 2 aromatic rings. The minimum absolute atomic E-state index is 0. The number of ether oxygens (including phenoxy) is 1. The lowest BCUT2D eigenvalue weighted by atomic mass is 10.1. The molecule has 7 heteroatoms. The number of hydrogen-bond acceptors (Lipinski definition) is 3. The van der Waals surface area contributed by atoms with E-state index in [0.717, 1.165) is 44.1 Å². The Balaban J connectivity index is 0.00000243. The van der Waals surface area contributed by atoms with Crippen molar-refractivity contribution in [3.8, 4) is 5.75 Å². The number of guanidine groups is 1. The number of aliphatic imine (C=N–C) groups is 1. The van der Waals surface area contributed by atoms with E-state index in [-0.39, 0.29) is 30.1 Å². The molecule has 0 saturated heterocycles. The molecule has 0 amide bonds. The summed E-state index contributed by atoms with van der Waals surface area (Å²) in [6.07, 6.45) is 7.11. The van der Waals surface area contributed by atoms with Crippen molar-refractivity contribution in [1.29, 1.82) is 0 Å². The Hall–Kier alpha value is -1.77. The lowest BCUT2D eigenvalue weighted by Crippen LogP contribution is -2.38. The van der Waals surface area contributed by atoms with Crippen LogP contribution in [0.4, 0.5) is 0 Å². The van der Waals surface area contributed by atoms with Gasteiger partial charge in [0.2, 0.25) is 0 Å². The molecule has 0 spiro atoms. The van der Waals surface area contributed by atoms with Crippen molar-refractivity contribution in [3.05, 3.63) is 47.8 Å². The van der Waals surface area contributed by atoms with Gasteiger partial charge in [-0.25, -0.2) is 4.99 Å². The minimum Gasteiger partial charge on any atom is -0.488 e. The quantitative estimate of drug-likeness (QED) is 0.283. The molecule has 0 radical (unpaired) electrons. The third kappa shape index (κ3) is 5.89. The summed E-state index contributed by atoms with van der Waals surface area (Å²) in [7, 11) is 1.95. The second kappa shape index (κ2) is 10.4. The third-order valence-corrected chi connectivity index (χ3v) is 4.20. The number of aromatic nitrogens is 2. The molecule has 0 saturated carbocycles. The Morgan fingerprint density at radius 3 is 2.92 bits per heavy atom. The zero-order chi connectivity index (χ0) is 17.5. The Bertz CT molecular complexity index is 690. The summed E-state index contributed by atoms with van der Waals surface area (Å²) in [5, 5.41) is 10.9. The monoisotopic (exact) mass is 469 g/mol. The van der Waals surface area contributed by atoms with E-state index in [9.17, 15) is 0 Å². The summed E-state index contributed by atoms with van der Waals surface area (Å²) in [5.41, 5.74) is 2.54. The van der Waals surface area contributed by atoms with Gasteiger partial charge in [-0.05, 0) is 37.0 Å². The van der Waals surface area contributed by atoms with E-state index in [4.69, 9.17) is 4.74 Å². The fourth-order valence-corrected chi connectivity index (χ4v) is 2.99. The Labute approximate surface area is 172 Å². The first-order chi connectivity index (χ1) is 12.2. The molecule has 1 unspecified atom stereocenters. The van der Waals surface area contributed by atoms with Crippen LogP contribution in [0, 0.1) is 0 Å². The molecule has 3 rings (SSSR count). The Morgan fingerprint density at radius 1 is 1.35 bits per heavy atom. The number of halogens is 1. The van der Waals surface area contributed by atoms with Crippen LogP contribution in [0.25, 0.3) is 0 Å². The average molecular weight is 469 g/mol. The molecular weight excluding hydrogens is 441 g/mol. The SMILES string of the molecule is CCNC(=NCC1Cc2ccccc2O1)NCCCc1cnn(C)c1.I. The highest BCUT2D eigenvalue weighted by Crippen LogP contribution is 2.28. The molecule has 0 aliphatic carbocycles. The van der Waals surface area contributed by atoms with Crippen LogP contribution in [0.1, 0.15) is 24.5 Å². The number of hydrogen-bond donors (Lipinski definition) is 2. The van der Waals surface area contributed by atoms with E-state index in [2.05, 4.69) is 46.0 Å². The second-order valence-corrected chi connectivity index (χ2v) is 6.32. The van der Waals surface area contributed by atoms with Gasteiger partial charge in [0.1, 0.15) is 11.9 Å². The van der Waals surface area contributed by atoms with E-state index in [0.29, 0.717) is 6.54 Å². The van der Waals surface area contributed by atoms with Crippen molar-refractivity contribution in [2.45, 2.75) is 32.3 Å². The first-order valence-corrected chi connectivity index (χ1v) is 8.99. The van der Waals surface area contributed by atoms with Crippen LogP contribution in [0.2, 0.25) is 0 Å². The van der Waals surface area contributed by atoms with Crippen LogP contribution in [0.3, 0.4) is 0 Å². The Morgan fingerprint density at radius 2 is 2.19 bits per heavy atom. The molecule has 1 aliphatic rings. The number of aryl methyl sites for hydroxylation is 2. The number of rotatable bonds is 7. The zero-order valence-electron chi connectivity index (χ0n) is 15.4. The topological polar surface area (TPSA) is 63.5 Å². The van der Waals surface area contributed by atoms with Gasteiger partial charge in [0, 0.05) is 32.8 Å². The molecule has 0 fully saturated rings. The summed E-state index contributed by atoms with van der Waals surface area (Å²) in [4.78, 5) is 4.68. The average Bonchev–Trinajstić information content (AvgIpc) is 3.21. The smallest absolute Gasteiger partial charge is 0.191 e. The van der Waals surface area contributed by atoms with Crippen LogP contribution in [-0.4, -0.2) is 41.5 Å². The normalized spacial score (nSPS) is 15.8. The summed E-state index contributed by atoms with van der Waals surface area (Å²) < 4.78 is 7.79. The van der Waals surface area contributed by atoms with Crippen molar-refractivity contribution in [2.75, 3.05) is 19.6 Å². The largest absolute Gasteiger partial charge is 0.488 e. The van der Waals surface area contributed by atoms with Gasteiger partial charge < -0.3 is 15.4 Å². The van der Waals surface area contributed by atoms with E-state index in [1.807, 2.05) is 30.1 Å². The maximum atomic E-state index is 5.95. The second-order valence-electron chi connectivity index (χ2n) is 6.32. The van der Waals surface area contributed by atoms with Gasteiger partial charge in [-0.3, -0.25) is 4.68 Å². The summed E-state index contributed by atoms with van der Waals surface area (Å²) in [5.74, 6) is 1.85. The first-order valence-electron chi connectivity index (χ1n) is 8.99. The first kappa shape index (κ1) is 20.5. The highest BCUT2D eigenvalue weighted by molar-refractivity contribution is 14.0. The number of benzene rings is 1. The lowest BCUT2D eigenvalue weighted by Gasteiger charge is -2.13. The van der Waals surface area contributed by atoms with Crippen LogP contribution in [-0.2, 0) is 19.9 Å². The van der Waals surface area contributed by atoms with E-state index >= 15 is 0 Å². The standard InChI is InChI=1S/C19H27N5O.HI/c1-3-20-19(21-10-6-7-15-12-23-24(2)14-15)22-13-17-11-16-8-4-5-9-18(16)25-17;/h4-5,8-9,12,14,17H,3,6-7,10-11,13H2,1-2H3,(H2,20,21,22);1H. The molecule has 26 heavy (non-hydrogen) atoms.